The van der Waals surface area contributed by atoms with E-state index in [-0.39, 0.29) is 58.2 Å². The van der Waals surface area contributed by atoms with Crippen molar-refractivity contribution in [1.29, 1.82) is 0 Å². The lowest BCUT2D eigenvalue weighted by molar-refractivity contribution is -0.302. The van der Waals surface area contributed by atoms with E-state index in [0.717, 1.165) is 49.1 Å². The van der Waals surface area contributed by atoms with E-state index in [1.54, 1.807) is 51.1 Å². The van der Waals surface area contributed by atoms with Crippen molar-refractivity contribution in [3.8, 4) is 0 Å². The Morgan fingerprint density at radius 1 is 0.747 bits per heavy atom. The summed E-state index contributed by atoms with van der Waals surface area (Å²) in [4.78, 5) is 98.8. The number of alkyl halides is 3. The van der Waals surface area contributed by atoms with Gasteiger partial charge in [0.25, 0.3) is 11.5 Å². The van der Waals surface area contributed by atoms with E-state index in [1.165, 1.54) is 5.32 Å². The minimum absolute atomic E-state index is 0.0466. The number of aliphatic hydroxyl groups is 2. The number of amides is 3. The molecule has 8 rings (SSSR count). The van der Waals surface area contributed by atoms with Gasteiger partial charge in [-0.2, -0.15) is 13.2 Å². The number of carbonyl (C=O) groups excluding carboxylic acids is 5. The molecule has 2 aliphatic carbocycles. The van der Waals surface area contributed by atoms with Crippen molar-refractivity contribution in [1.82, 2.24) is 25.9 Å². The number of aromatic nitrogens is 2. The standard InChI is InChI=1S/C69H86F3N5O18/c1-41(92-43(3)61(90-38-47-26-16-8-17-27-47)55(89-37-46-24-14-7-15-25-46)40-88-36-45-22-12-6-13-23-45)30-50-52(32-49(64(83)87-4)42(2)58(50)77-63(82)51-33-56(79)76-68(86)74-51)94-66-59(75-57(80)34-73-67(85)69(70,71)72)62(60(81)54(35-78)95-66)93-53(31-44-20-10-5-11-21-44)65(84)91-39-48-28-18-9-19-29-48/h6-9,12-19,22-29,33,41-44,49-50,52-55,58-62,66,78,81H,5,10-11,20-21,30-32,34-40H2,1-4H3,(H,73,85)(H,75,80)(H,77,82)(H2,74,76,79,86)/t41-,42-,43?,49?,50?,52?,53+,54+,55-,58?,59?,60?,61?,62?,66-/m1/s1. The SMILES string of the molecule is COC(=O)C1CC(O[C@@H]2O[C@@H](CO)C(O)C(O[C@@H](CC3CCCCC3)C(=O)OCc3ccccc3)C2NC(=O)CNC(=O)C(F)(F)F)C(C[C@@H](C)OC(C)C(OCc2ccccc2)[C@@H](COCc2ccccc2)OCc2ccccc2)C(NC(=O)c2cc(=O)[nH]c(=O)[nH]2)[C@@H]1C. The third-order valence-electron chi connectivity index (χ3n) is 17.5. The van der Waals surface area contributed by atoms with Crippen LogP contribution in [0.2, 0.25) is 0 Å². The Balaban J connectivity index is 1.17. The van der Waals surface area contributed by atoms with E-state index in [0.29, 0.717) is 18.4 Å². The van der Waals surface area contributed by atoms with Crippen LogP contribution in [-0.4, -0.2) is 156 Å². The van der Waals surface area contributed by atoms with Crippen LogP contribution in [0.4, 0.5) is 13.2 Å². The number of ether oxygens (including phenoxy) is 9. The second-order valence-electron chi connectivity index (χ2n) is 24.5. The normalized spacial score (nSPS) is 24.0. The summed E-state index contributed by atoms with van der Waals surface area (Å²) in [5.74, 6) is -9.37. The molecule has 15 atom stereocenters. The molecule has 0 spiro atoms. The van der Waals surface area contributed by atoms with Gasteiger partial charge in [0, 0.05) is 18.0 Å². The monoisotopic (exact) mass is 1330 g/mol. The molecule has 7 N–H and O–H groups in total. The molecule has 2 saturated carbocycles. The fourth-order valence-corrected chi connectivity index (χ4v) is 12.7. The first-order valence-corrected chi connectivity index (χ1v) is 32.1. The van der Waals surface area contributed by atoms with E-state index in [9.17, 15) is 56.9 Å². The minimum Gasteiger partial charge on any atom is -0.469 e. The van der Waals surface area contributed by atoms with Crippen molar-refractivity contribution >= 4 is 29.7 Å². The topological polar surface area (TPSA) is 311 Å². The molecular formula is C69H86F3N5O18. The molecule has 4 aromatic carbocycles. The number of aromatic amines is 2. The molecular weight excluding hydrogens is 1240 g/mol. The second-order valence-corrected chi connectivity index (χ2v) is 24.5. The van der Waals surface area contributed by atoms with Crippen molar-refractivity contribution in [2.75, 3.05) is 26.9 Å². The predicted octanol–water partition coefficient (Wildman–Crippen LogP) is 6.27. The summed E-state index contributed by atoms with van der Waals surface area (Å²) >= 11 is 0. The van der Waals surface area contributed by atoms with E-state index in [1.807, 2.05) is 96.0 Å². The van der Waals surface area contributed by atoms with Crippen LogP contribution in [0, 0.1) is 23.7 Å². The first kappa shape index (κ1) is 73.2. The van der Waals surface area contributed by atoms with Crippen LogP contribution in [0.15, 0.2) is 137 Å². The van der Waals surface area contributed by atoms with Crippen LogP contribution in [0.3, 0.4) is 0 Å². The smallest absolute Gasteiger partial charge is 0.469 e. The van der Waals surface area contributed by atoms with E-state index < -0.39 is 157 Å². The number of aliphatic hydroxyl groups excluding tert-OH is 2. The maximum absolute atomic E-state index is 14.5. The van der Waals surface area contributed by atoms with Crippen molar-refractivity contribution in [2.24, 2.45) is 23.7 Å². The number of nitrogens with one attached hydrogen (secondary N) is 5. The minimum atomic E-state index is -5.40. The zero-order chi connectivity index (χ0) is 68.0. The average molecular weight is 1330 g/mol. The fourth-order valence-electron chi connectivity index (χ4n) is 12.7. The first-order valence-electron chi connectivity index (χ1n) is 32.1. The number of carbonyl (C=O) groups is 5. The zero-order valence-electron chi connectivity index (χ0n) is 53.5. The Kier molecular flexibility index (Phi) is 27.6. The summed E-state index contributed by atoms with van der Waals surface area (Å²) in [6.07, 6.45) is -14.9. The largest absolute Gasteiger partial charge is 0.471 e. The predicted molar refractivity (Wildman–Crippen MR) is 336 cm³/mol. The fraction of sp³-hybridized carbons (Fsp3) is 0.522. The molecule has 1 saturated heterocycles. The summed E-state index contributed by atoms with van der Waals surface area (Å²) in [5.41, 5.74) is 0.926. The summed E-state index contributed by atoms with van der Waals surface area (Å²) in [5, 5.41) is 30.2. The van der Waals surface area contributed by atoms with Crippen LogP contribution in [-0.2, 0) is 88.2 Å². The van der Waals surface area contributed by atoms with Gasteiger partial charge >= 0.3 is 29.7 Å². The number of hydrogen-bond donors (Lipinski definition) is 7. The van der Waals surface area contributed by atoms with Gasteiger partial charge in [0.05, 0.1) is 70.9 Å². The Hall–Kier alpha value is -7.66. The quantitative estimate of drug-likeness (QED) is 0.0233. The highest BCUT2D eigenvalue weighted by molar-refractivity contribution is 5.92. The van der Waals surface area contributed by atoms with Gasteiger partial charge < -0.3 is 73.8 Å². The highest BCUT2D eigenvalue weighted by Crippen LogP contribution is 2.42. The Morgan fingerprint density at radius 2 is 1.34 bits per heavy atom. The Bertz CT molecular complexity index is 3300. The van der Waals surface area contributed by atoms with Crippen LogP contribution in [0.1, 0.15) is 105 Å². The molecule has 3 amide bonds. The third kappa shape index (κ3) is 21.7. The third-order valence-corrected chi connectivity index (χ3v) is 17.5. The number of esters is 2. The van der Waals surface area contributed by atoms with Gasteiger partial charge in [-0.05, 0) is 67.2 Å². The summed E-state index contributed by atoms with van der Waals surface area (Å²) in [6, 6.07) is 35.2. The summed E-state index contributed by atoms with van der Waals surface area (Å²) in [6.45, 7) is 3.41. The highest BCUT2D eigenvalue weighted by atomic mass is 19.4. The van der Waals surface area contributed by atoms with Gasteiger partial charge in [-0.15, -0.1) is 0 Å². The Labute approximate surface area is 548 Å². The van der Waals surface area contributed by atoms with Crippen LogP contribution >= 0.6 is 0 Å². The lowest BCUT2D eigenvalue weighted by Crippen LogP contribution is -2.68. The lowest BCUT2D eigenvalue weighted by atomic mass is 9.67. The molecule has 3 fully saturated rings. The molecule has 95 heavy (non-hydrogen) atoms. The van der Waals surface area contributed by atoms with Crippen molar-refractivity contribution in [3.63, 3.8) is 0 Å². The lowest BCUT2D eigenvalue weighted by Gasteiger charge is -2.50. The number of H-pyrrole nitrogens is 2. The summed E-state index contributed by atoms with van der Waals surface area (Å²) in [7, 11) is 1.15. The molecule has 2 heterocycles. The van der Waals surface area contributed by atoms with Gasteiger partial charge in [-0.3, -0.25) is 29.0 Å². The Morgan fingerprint density at radius 3 is 1.92 bits per heavy atom. The number of halogens is 3. The van der Waals surface area contributed by atoms with E-state index >= 15 is 0 Å². The maximum Gasteiger partial charge on any atom is 0.471 e. The average Bonchev–Trinajstić information content (AvgIpc) is 0.806. The molecule has 0 bridgehead atoms. The number of benzene rings is 4. The van der Waals surface area contributed by atoms with Crippen molar-refractivity contribution in [3.05, 3.63) is 176 Å². The molecule has 26 heteroatoms. The van der Waals surface area contributed by atoms with Crippen LogP contribution < -0.4 is 27.2 Å². The van der Waals surface area contributed by atoms with E-state index in [2.05, 4.69) is 15.6 Å². The van der Waals surface area contributed by atoms with Gasteiger partial charge in [0.1, 0.15) is 48.9 Å². The summed E-state index contributed by atoms with van der Waals surface area (Å²) < 4.78 is 98.7. The van der Waals surface area contributed by atoms with Gasteiger partial charge in [-0.1, -0.05) is 160 Å². The number of rotatable bonds is 32. The molecule has 1 aromatic heterocycles. The molecule has 5 aromatic rings. The van der Waals surface area contributed by atoms with Gasteiger partial charge in [0.15, 0.2) is 12.4 Å². The molecule has 3 aliphatic rings. The molecule has 1 aliphatic heterocycles. The van der Waals surface area contributed by atoms with Crippen molar-refractivity contribution in [2.45, 2.75) is 178 Å². The number of hydrogen-bond acceptors (Lipinski definition) is 18. The highest BCUT2D eigenvalue weighted by Gasteiger charge is 2.54. The molecule has 516 valence electrons. The zero-order valence-corrected chi connectivity index (χ0v) is 53.5. The van der Waals surface area contributed by atoms with Crippen LogP contribution in [0.5, 0.6) is 0 Å². The first-order chi connectivity index (χ1) is 45.7. The van der Waals surface area contributed by atoms with Gasteiger partial charge in [-0.25, -0.2) is 9.59 Å². The van der Waals surface area contributed by atoms with Crippen molar-refractivity contribution < 1.29 is 90.0 Å². The number of methoxy groups -OCH3 is 1. The molecule has 9 unspecified atom stereocenters. The second kappa shape index (κ2) is 35.9. The molecule has 0 radical (unpaired) electrons. The van der Waals surface area contributed by atoms with E-state index in [4.69, 9.17) is 42.6 Å². The maximum atomic E-state index is 14.5. The molecule has 23 nitrogen and oxygen atoms in total. The van der Waals surface area contributed by atoms with Crippen LogP contribution in [0.25, 0.3) is 0 Å². The van der Waals surface area contributed by atoms with Gasteiger partial charge in [0.2, 0.25) is 5.91 Å².